The van der Waals surface area contributed by atoms with E-state index in [9.17, 15) is 4.79 Å². The molecule has 0 aromatic rings. The summed E-state index contributed by atoms with van der Waals surface area (Å²) >= 11 is 0. The van der Waals surface area contributed by atoms with Gasteiger partial charge in [-0.25, -0.2) is 0 Å². The second-order valence-corrected chi connectivity index (χ2v) is 2.42. The molecule has 1 amide bonds. The Balaban J connectivity index is 3.43. The van der Waals surface area contributed by atoms with Crippen LogP contribution in [-0.4, -0.2) is 12.5 Å². The molecule has 2 heteroatoms. The van der Waals surface area contributed by atoms with E-state index in [0.717, 1.165) is 0 Å². The number of carbonyl (C=O) groups is 1. The van der Waals surface area contributed by atoms with Crippen LogP contribution in [0, 0.1) is 12.3 Å². The van der Waals surface area contributed by atoms with E-state index in [1.807, 2.05) is 31.2 Å². The van der Waals surface area contributed by atoms with Crippen molar-refractivity contribution in [1.29, 1.82) is 0 Å². The fraction of sp³-hybridized carbons (Fsp3) is 0.364. The smallest absolute Gasteiger partial charge is 0.219 e. The van der Waals surface area contributed by atoms with Gasteiger partial charge in [-0.1, -0.05) is 31.2 Å². The molecule has 0 radical (unpaired) electrons. The topological polar surface area (TPSA) is 29.1 Å². The summed E-state index contributed by atoms with van der Waals surface area (Å²) in [7, 11) is 0. The normalized spacial score (nSPS) is 10.5. The molecular weight excluding hydrogens is 162 g/mol. The van der Waals surface area contributed by atoms with E-state index in [2.05, 4.69) is 11.2 Å². The minimum atomic E-state index is 0.0669. The lowest BCUT2D eigenvalue weighted by molar-refractivity contribution is -0.120. The van der Waals surface area contributed by atoms with Gasteiger partial charge in [-0.15, -0.1) is 12.3 Å². The standard InChI is InChI=1S/C11H15NO/c1-3-5-6-7-8-9-10-12-11(13)4-2/h1,6-9H,4-5,10H2,2H3,(H,12,13)/b7-6-,9-8-. The van der Waals surface area contributed by atoms with Crippen LogP contribution < -0.4 is 5.32 Å². The van der Waals surface area contributed by atoms with Crippen molar-refractivity contribution in [3.05, 3.63) is 24.3 Å². The van der Waals surface area contributed by atoms with Crippen LogP contribution in [0.25, 0.3) is 0 Å². The van der Waals surface area contributed by atoms with Gasteiger partial charge >= 0.3 is 0 Å². The zero-order valence-corrected chi connectivity index (χ0v) is 7.92. The molecule has 0 saturated carbocycles. The summed E-state index contributed by atoms with van der Waals surface area (Å²) in [6.07, 6.45) is 13.7. The van der Waals surface area contributed by atoms with Crippen LogP contribution in [0.5, 0.6) is 0 Å². The van der Waals surface area contributed by atoms with Crippen molar-refractivity contribution in [2.24, 2.45) is 0 Å². The molecule has 0 fully saturated rings. The molecule has 0 bridgehead atoms. The van der Waals surface area contributed by atoms with Gasteiger partial charge < -0.3 is 5.32 Å². The van der Waals surface area contributed by atoms with Crippen LogP contribution in [0.3, 0.4) is 0 Å². The van der Waals surface area contributed by atoms with Crippen LogP contribution in [0.1, 0.15) is 19.8 Å². The highest BCUT2D eigenvalue weighted by atomic mass is 16.1. The van der Waals surface area contributed by atoms with E-state index < -0.39 is 0 Å². The van der Waals surface area contributed by atoms with Crippen LogP contribution >= 0.6 is 0 Å². The third-order valence-corrected chi connectivity index (χ3v) is 1.36. The Morgan fingerprint density at radius 3 is 2.77 bits per heavy atom. The summed E-state index contributed by atoms with van der Waals surface area (Å²) < 4.78 is 0. The van der Waals surface area contributed by atoms with Gasteiger partial charge in [0.25, 0.3) is 0 Å². The van der Waals surface area contributed by atoms with Gasteiger partial charge in [0, 0.05) is 19.4 Å². The lowest BCUT2D eigenvalue weighted by Gasteiger charge is -1.95. The molecule has 0 aromatic heterocycles. The molecule has 2 nitrogen and oxygen atoms in total. The zero-order valence-electron chi connectivity index (χ0n) is 7.92. The highest BCUT2D eigenvalue weighted by molar-refractivity contribution is 5.75. The number of carbonyl (C=O) groups excluding carboxylic acids is 1. The number of hydrogen-bond donors (Lipinski definition) is 1. The molecule has 0 spiro atoms. The van der Waals surface area contributed by atoms with Gasteiger partial charge in [0.1, 0.15) is 0 Å². The van der Waals surface area contributed by atoms with Gasteiger partial charge in [0.2, 0.25) is 5.91 Å². The maximum absolute atomic E-state index is 10.8. The summed E-state index contributed by atoms with van der Waals surface area (Å²) in [5.41, 5.74) is 0. The van der Waals surface area contributed by atoms with Gasteiger partial charge in [-0.05, 0) is 0 Å². The molecule has 0 aliphatic carbocycles. The van der Waals surface area contributed by atoms with E-state index in [0.29, 0.717) is 19.4 Å². The van der Waals surface area contributed by atoms with Crippen molar-refractivity contribution in [3.63, 3.8) is 0 Å². The Morgan fingerprint density at radius 2 is 2.15 bits per heavy atom. The largest absolute Gasteiger partial charge is 0.353 e. The fourth-order valence-electron chi connectivity index (χ4n) is 0.659. The van der Waals surface area contributed by atoms with Crippen LogP contribution in [0.15, 0.2) is 24.3 Å². The lowest BCUT2D eigenvalue weighted by Crippen LogP contribution is -2.21. The third-order valence-electron chi connectivity index (χ3n) is 1.36. The van der Waals surface area contributed by atoms with Crippen LogP contribution in [-0.2, 0) is 4.79 Å². The predicted molar refractivity (Wildman–Crippen MR) is 55.0 cm³/mol. The molecule has 0 aliphatic rings. The first-order chi connectivity index (χ1) is 6.31. The molecule has 0 saturated heterocycles. The van der Waals surface area contributed by atoms with Gasteiger partial charge in [-0.3, -0.25) is 4.79 Å². The second-order valence-electron chi connectivity index (χ2n) is 2.42. The zero-order chi connectivity index (χ0) is 9.94. The Kier molecular flexibility index (Phi) is 7.62. The quantitative estimate of drug-likeness (QED) is 0.502. The maximum Gasteiger partial charge on any atom is 0.219 e. The van der Waals surface area contributed by atoms with Gasteiger partial charge in [0.05, 0.1) is 0 Å². The molecule has 70 valence electrons. The number of rotatable bonds is 5. The van der Waals surface area contributed by atoms with E-state index >= 15 is 0 Å². The molecule has 13 heavy (non-hydrogen) atoms. The summed E-state index contributed by atoms with van der Waals surface area (Å²) in [5, 5.41) is 2.72. The molecule has 0 rings (SSSR count). The SMILES string of the molecule is C#CC/C=C\C=C/CNC(=O)CC. The molecule has 0 aromatic carbocycles. The first kappa shape index (κ1) is 11.5. The maximum atomic E-state index is 10.8. The van der Waals surface area contributed by atoms with Crippen molar-refractivity contribution in [2.45, 2.75) is 19.8 Å². The number of hydrogen-bond acceptors (Lipinski definition) is 1. The molecular formula is C11H15NO. The second kappa shape index (κ2) is 8.61. The number of terminal acetylenes is 1. The van der Waals surface area contributed by atoms with E-state index in [1.165, 1.54) is 0 Å². The van der Waals surface area contributed by atoms with Crippen molar-refractivity contribution in [1.82, 2.24) is 5.32 Å². The Labute approximate surface area is 79.7 Å². The van der Waals surface area contributed by atoms with Crippen LogP contribution in [0.2, 0.25) is 0 Å². The van der Waals surface area contributed by atoms with Gasteiger partial charge in [0.15, 0.2) is 0 Å². The summed E-state index contributed by atoms with van der Waals surface area (Å²) in [5.74, 6) is 2.56. The number of nitrogens with one attached hydrogen (secondary N) is 1. The van der Waals surface area contributed by atoms with Crippen molar-refractivity contribution < 1.29 is 4.79 Å². The Morgan fingerprint density at radius 1 is 1.46 bits per heavy atom. The predicted octanol–water partition coefficient (Wildman–Crippen LogP) is 1.65. The van der Waals surface area contributed by atoms with E-state index in [4.69, 9.17) is 6.42 Å². The van der Waals surface area contributed by atoms with Crippen LogP contribution in [0.4, 0.5) is 0 Å². The molecule has 0 aliphatic heterocycles. The monoisotopic (exact) mass is 177 g/mol. The van der Waals surface area contributed by atoms with Crippen molar-refractivity contribution >= 4 is 5.91 Å². The van der Waals surface area contributed by atoms with Crippen molar-refractivity contribution in [2.75, 3.05) is 6.54 Å². The summed E-state index contributed by atoms with van der Waals surface area (Å²) in [4.78, 5) is 10.8. The molecule has 1 N–H and O–H groups in total. The molecule has 0 heterocycles. The fourth-order valence-corrected chi connectivity index (χ4v) is 0.659. The molecule has 0 unspecified atom stereocenters. The lowest BCUT2D eigenvalue weighted by atomic mass is 10.3. The number of allylic oxidation sites excluding steroid dienone is 3. The third kappa shape index (κ3) is 8.42. The first-order valence-corrected chi connectivity index (χ1v) is 4.33. The first-order valence-electron chi connectivity index (χ1n) is 4.33. The van der Waals surface area contributed by atoms with Gasteiger partial charge in [-0.2, -0.15) is 0 Å². The average Bonchev–Trinajstić information content (AvgIpc) is 2.16. The summed E-state index contributed by atoms with van der Waals surface area (Å²) in [6.45, 7) is 2.40. The van der Waals surface area contributed by atoms with E-state index in [1.54, 1.807) is 0 Å². The minimum Gasteiger partial charge on any atom is -0.353 e. The highest BCUT2D eigenvalue weighted by Gasteiger charge is 1.90. The average molecular weight is 177 g/mol. The Bertz CT molecular complexity index is 233. The number of amides is 1. The van der Waals surface area contributed by atoms with E-state index in [-0.39, 0.29) is 5.91 Å². The minimum absolute atomic E-state index is 0.0669. The molecule has 0 atom stereocenters. The highest BCUT2D eigenvalue weighted by Crippen LogP contribution is 1.81. The Hall–Kier alpha value is -1.49. The van der Waals surface area contributed by atoms with Crippen molar-refractivity contribution in [3.8, 4) is 12.3 Å². The summed E-state index contributed by atoms with van der Waals surface area (Å²) in [6, 6.07) is 0.